The number of benzene rings is 2. The van der Waals surface area contributed by atoms with Crippen molar-refractivity contribution in [3.8, 4) is 0 Å². The minimum Gasteiger partial charge on any atom is -0.328 e. The number of aryl methyl sites for hydroxylation is 1. The summed E-state index contributed by atoms with van der Waals surface area (Å²) in [6.07, 6.45) is 3.87. The first-order valence-electron chi connectivity index (χ1n) is 11.5. The zero-order valence-corrected chi connectivity index (χ0v) is 19.1. The summed E-state index contributed by atoms with van der Waals surface area (Å²) >= 11 is 0. The van der Waals surface area contributed by atoms with E-state index in [-0.39, 0.29) is 17.5 Å². The number of carbonyl (C=O) groups excluding carboxylic acids is 1. The summed E-state index contributed by atoms with van der Waals surface area (Å²) in [5, 5.41) is 0. The lowest BCUT2D eigenvalue weighted by molar-refractivity contribution is -0.136. The Labute approximate surface area is 193 Å². The van der Waals surface area contributed by atoms with Crippen molar-refractivity contribution in [2.45, 2.75) is 52.2 Å². The summed E-state index contributed by atoms with van der Waals surface area (Å²) in [5.74, 6) is 0.752. The number of nitrogens with zero attached hydrogens (tertiary/aromatic N) is 4. The smallest absolute Gasteiger partial charge is 0.280 e. The Kier molecular flexibility index (Phi) is 5.44. The number of rotatable bonds is 5. The number of hydrogen-bond acceptors (Lipinski definition) is 4. The maximum absolute atomic E-state index is 13.6. The first-order chi connectivity index (χ1) is 15.9. The summed E-state index contributed by atoms with van der Waals surface area (Å²) < 4.78 is 1.73. The van der Waals surface area contributed by atoms with E-state index < -0.39 is 5.41 Å². The SMILES string of the molecule is CC1(C)CC(c2nc3c(c(=O)n2Cc2ccccc2)N=CCC3)N(Cc2ccccc2)C1=O. The van der Waals surface area contributed by atoms with Crippen molar-refractivity contribution in [1.82, 2.24) is 14.5 Å². The van der Waals surface area contributed by atoms with Gasteiger partial charge in [0.1, 0.15) is 11.5 Å². The Balaban J connectivity index is 1.64. The highest BCUT2D eigenvalue weighted by molar-refractivity contribution is 5.84. The van der Waals surface area contributed by atoms with Crippen molar-refractivity contribution >= 4 is 17.8 Å². The van der Waals surface area contributed by atoms with Crippen LogP contribution < -0.4 is 5.56 Å². The number of amides is 1. The molecule has 1 aromatic heterocycles. The highest BCUT2D eigenvalue weighted by Gasteiger charge is 2.47. The molecule has 0 aliphatic carbocycles. The van der Waals surface area contributed by atoms with Crippen LogP contribution in [0.15, 0.2) is 70.5 Å². The average Bonchev–Trinajstić information content (AvgIpc) is 3.05. The van der Waals surface area contributed by atoms with Crippen LogP contribution in [0.5, 0.6) is 0 Å². The van der Waals surface area contributed by atoms with Gasteiger partial charge in [-0.05, 0) is 30.4 Å². The molecular formula is C27H28N4O2. The fraction of sp³-hybridized carbons (Fsp3) is 0.333. The molecular weight excluding hydrogens is 412 g/mol. The van der Waals surface area contributed by atoms with E-state index in [1.807, 2.05) is 79.4 Å². The third-order valence-electron chi connectivity index (χ3n) is 6.57. The third-order valence-corrected chi connectivity index (χ3v) is 6.57. The molecule has 1 unspecified atom stereocenters. The van der Waals surface area contributed by atoms with E-state index in [0.717, 1.165) is 23.2 Å². The van der Waals surface area contributed by atoms with E-state index in [1.54, 1.807) is 10.8 Å². The van der Waals surface area contributed by atoms with Gasteiger partial charge in [0, 0.05) is 18.2 Å². The predicted molar refractivity (Wildman–Crippen MR) is 129 cm³/mol. The normalized spacial score (nSPS) is 19.0. The van der Waals surface area contributed by atoms with Gasteiger partial charge in [0.15, 0.2) is 0 Å². The van der Waals surface area contributed by atoms with Crippen LogP contribution in [0, 0.1) is 5.41 Å². The van der Waals surface area contributed by atoms with Gasteiger partial charge in [0.2, 0.25) is 5.91 Å². The molecule has 3 heterocycles. The monoisotopic (exact) mass is 440 g/mol. The lowest BCUT2D eigenvalue weighted by Gasteiger charge is -2.28. The quantitative estimate of drug-likeness (QED) is 0.589. The zero-order valence-electron chi connectivity index (χ0n) is 19.1. The van der Waals surface area contributed by atoms with Crippen molar-refractivity contribution < 1.29 is 4.79 Å². The lowest BCUT2D eigenvalue weighted by atomic mass is 9.89. The molecule has 168 valence electrons. The number of fused-ring (bicyclic) bond motifs is 1. The Morgan fingerprint density at radius 2 is 1.58 bits per heavy atom. The topological polar surface area (TPSA) is 67.6 Å². The second-order valence-corrected chi connectivity index (χ2v) is 9.52. The van der Waals surface area contributed by atoms with Gasteiger partial charge in [-0.25, -0.2) is 4.98 Å². The first kappa shape index (κ1) is 21.3. The number of aromatic nitrogens is 2. The van der Waals surface area contributed by atoms with Crippen molar-refractivity contribution in [3.63, 3.8) is 0 Å². The maximum atomic E-state index is 13.6. The first-order valence-corrected chi connectivity index (χ1v) is 11.5. The van der Waals surface area contributed by atoms with Gasteiger partial charge < -0.3 is 4.90 Å². The predicted octanol–water partition coefficient (Wildman–Crippen LogP) is 4.44. The van der Waals surface area contributed by atoms with E-state index in [2.05, 4.69) is 4.99 Å². The number of hydrogen-bond donors (Lipinski definition) is 0. The van der Waals surface area contributed by atoms with Crippen LogP contribution in [0.1, 0.15) is 55.4 Å². The number of aliphatic imine (C=N–C) groups is 1. The summed E-state index contributed by atoms with van der Waals surface area (Å²) in [5.41, 5.74) is 2.58. The molecule has 1 fully saturated rings. The zero-order chi connectivity index (χ0) is 23.0. The van der Waals surface area contributed by atoms with Crippen LogP contribution in [0.4, 0.5) is 5.69 Å². The standard InChI is InChI=1S/C27H28N4O2/c1-27(2)16-22(30(26(27)33)17-19-10-5-3-6-11-19)24-29-21-14-9-15-28-23(21)25(32)31(24)18-20-12-7-4-8-13-20/h3-8,10-13,15,22H,9,14,16-18H2,1-2H3. The molecule has 1 amide bonds. The van der Waals surface area contributed by atoms with E-state index in [4.69, 9.17) is 4.98 Å². The molecule has 6 heteroatoms. The van der Waals surface area contributed by atoms with Crippen LogP contribution in [-0.2, 0) is 24.3 Å². The van der Waals surface area contributed by atoms with Crippen molar-refractivity contribution in [3.05, 3.63) is 93.7 Å². The minimum absolute atomic E-state index is 0.0904. The van der Waals surface area contributed by atoms with Gasteiger partial charge in [-0.2, -0.15) is 0 Å². The average molecular weight is 441 g/mol. The van der Waals surface area contributed by atoms with Crippen LogP contribution >= 0.6 is 0 Å². The van der Waals surface area contributed by atoms with Gasteiger partial charge >= 0.3 is 0 Å². The molecule has 0 bridgehead atoms. The maximum Gasteiger partial charge on any atom is 0.280 e. The van der Waals surface area contributed by atoms with Crippen molar-refractivity contribution in [2.75, 3.05) is 0 Å². The van der Waals surface area contributed by atoms with Gasteiger partial charge in [0.05, 0.1) is 18.3 Å². The van der Waals surface area contributed by atoms with E-state index >= 15 is 0 Å². The molecule has 1 atom stereocenters. The van der Waals surface area contributed by atoms with Gasteiger partial charge in [-0.15, -0.1) is 0 Å². The van der Waals surface area contributed by atoms with E-state index in [9.17, 15) is 9.59 Å². The van der Waals surface area contributed by atoms with Crippen molar-refractivity contribution in [2.24, 2.45) is 10.4 Å². The largest absolute Gasteiger partial charge is 0.328 e. The molecule has 0 saturated carbocycles. The Morgan fingerprint density at radius 1 is 0.939 bits per heavy atom. The van der Waals surface area contributed by atoms with Gasteiger partial charge in [-0.1, -0.05) is 74.5 Å². The third kappa shape index (κ3) is 4.01. The second kappa shape index (κ2) is 8.43. The Bertz CT molecular complexity index is 1260. The minimum atomic E-state index is -0.525. The highest BCUT2D eigenvalue weighted by Crippen LogP contribution is 2.44. The van der Waals surface area contributed by atoms with Gasteiger partial charge in [0.25, 0.3) is 5.56 Å². The molecule has 2 aromatic carbocycles. The molecule has 6 nitrogen and oxygen atoms in total. The second-order valence-electron chi connectivity index (χ2n) is 9.52. The van der Waals surface area contributed by atoms with Gasteiger partial charge in [-0.3, -0.25) is 19.1 Å². The summed E-state index contributed by atoms with van der Waals surface area (Å²) in [6, 6.07) is 19.6. The molecule has 0 N–H and O–H groups in total. The summed E-state index contributed by atoms with van der Waals surface area (Å²) in [4.78, 5) is 38.3. The Morgan fingerprint density at radius 3 is 2.24 bits per heavy atom. The fourth-order valence-corrected chi connectivity index (χ4v) is 4.85. The molecule has 1 saturated heterocycles. The number of carbonyl (C=O) groups is 1. The molecule has 0 spiro atoms. The molecule has 3 aromatic rings. The molecule has 2 aliphatic heterocycles. The molecule has 2 aliphatic rings. The molecule has 33 heavy (non-hydrogen) atoms. The van der Waals surface area contributed by atoms with Crippen molar-refractivity contribution in [1.29, 1.82) is 0 Å². The highest BCUT2D eigenvalue weighted by atomic mass is 16.2. The van der Waals surface area contributed by atoms with Crippen LogP contribution in [-0.4, -0.2) is 26.6 Å². The van der Waals surface area contributed by atoms with Crippen LogP contribution in [0.3, 0.4) is 0 Å². The van der Waals surface area contributed by atoms with Crippen LogP contribution in [0.2, 0.25) is 0 Å². The van der Waals surface area contributed by atoms with Crippen LogP contribution in [0.25, 0.3) is 0 Å². The summed E-state index contributed by atoms with van der Waals surface area (Å²) in [7, 11) is 0. The van der Waals surface area contributed by atoms with E-state index in [1.165, 1.54) is 0 Å². The number of likely N-dealkylation sites (tertiary alicyclic amines) is 1. The molecule has 0 radical (unpaired) electrons. The fourth-order valence-electron chi connectivity index (χ4n) is 4.85. The summed E-state index contributed by atoms with van der Waals surface area (Å²) in [6.45, 7) is 4.85. The van der Waals surface area contributed by atoms with E-state index in [0.29, 0.717) is 37.4 Å². The molecule has 5 rings (SSSR count). The Hall–Kier alpha value is -3.54. The lowest BCUT2D eigenvalue weighted by Crippen LogP contribution is -2.36.